The van der Waals surface area contributed by atoms with Gasteiger partial charge in [0.05, 0.1) is 10.6 Å². The molecular weight excluding hydrogens is 420 g/mol. The van der Waals surface area contributed by atoms with Crippen molar-refractivity contribution >= 4 is 46.7 Å². The molecule has 1 aliphatic heterocycles. The van der Waals surface area contributed by atoms with Gasteiger partial charge in [0.1, 0.15) is 11.6 Å². The van der Waals surface area contributed by atoms with Gasteiger partial charge in [-0.3, -0.25) is 5.10 Å². The van der Waals surface area contributed by atoms with E-state index < -0.39 is 5.97 Å². The van der Waals surface area contributed by atoms with Gasteiger partial charge in [-0.1, -0.05) is 11.6 Å². The highest BCUT2D eigenvalue weighted by Gasteiger charge is 2.18. The zero-order valence-corrected chi connectivity index (χ0v) is 17.9. The maximum atomic E-state index is 11.2. The number of piperazine rings is 1. The number of nitrogens with one attached hydrogen (secondary N) is 3. The van der Waals surface area contributed by atoms with E-state index in [-0.39, 0.29) is 10.6 Å². The van der Waals surface area contributed by atoms with Crippen LogP contribution in [0.5, 0.6) is 0 Å². The molecule has 3 aromatic rings. The molecule has 0 radical (unpaired) electrons. The summed E-state index contributed by atoms with van der Waals surface area (Å²) in [5, 5.41) is 22.7. The van der Waals surface area contributed by atoms with E-state index in [0.29, 0.717) is 23.3 Å². The van der Waals surface area contributed by atoms with Crippen LogP contribution in [0.3, 0.4) is 0 Å². The van der Waals surface area contributed by atoms with Gasteiger partial charge in [-0.15, -0.1) is 0 Å². The number of benzene rings is 1. The molecule has 0 spiro atoms. The molecule has 1 aromatic carbocycles. The molecule has 3 heterocycles. The fourth-order valence-corrected chi connectivity index (χ4v) is 3.52. The van der Waals surface area contributed by atoms with Crippen LogP contribution in [0.25, 0.3) is 0 Å². The van der Waals surface area contributed by atoms with E-state index in [1.165, 1.54) is 6.07 Å². The Bertz CT molecular complexity index is 1090. The summed E-state index contributed by atoms with van der Waals surface area (Å²) in [5.41, 5.74) is 1.56. The number of carboxylic acid groups (broad SMARTS) is 1. The molecule has 0 bridgehead atoms. The summed E-state index contributed by atoms with van der Waals surface area (Å²) in [6.07, 6.45) is 0. The van der Waals surface area contributed by atoms with Gasteiger partial charge < -0.3 is 25.5 Å². The summed E-state index contributed by atoms with van der Waals surface area (Å²) >= 11 is 6.10. The van der Waals surface area contributed by atoms with Crippen LogP contribution < -0.4 is 15.5 Å². The lowest BCUT2D eigenvalue weighted by atomic mass is 10.2. The third kappa shape index (κ3) is 5.04. The van der Waals surface area contributed by atoms with Crippen LogP contribution >= 0.6 is 11.6 Å². The standard InChI is InChI=1S/C20H23ClN8O2/c1-12-9-17(27-26-12)23-16-11-18(29-7-5-28(2)6-8-29)25-20(24-16)22-13-3-4-14(19(30)31)15(21)10-13/h3-4,9-11H,5-8H2,1-2H3,(H,30,31)(H3,22,23,24,25,26,27). The number of H-pyrrole nitrogens is 1. The van der Waals surface area contributed by atoms with Crippen molar-refractivity contribution in [2.75, 3.05) is 48.8 Å². The molecule has 0 atom stereocenters. The second kappa shape index (κ2) is 8.78. The Morgan fingerprint density at radius 3 is 2.52 bits per heavy atom. The monoisotopic (exact) mass is 442 g/mol. The quantitative estimate of drug-likeness (QED) is 0.456. The normalized spacial score (nSPS) is 14.5. The van der Waals surface area contributed by atoms with E-state index in [9.17, 15) is 4.79 Å². The number of anilines is 5. The van der Waals surface area contributed by atoms with Crippen LogP contribution in [0.15, 0.2) is 30.3 Å². The Morgan fingerprint density at radius 2 is 1.87 bits per heavy atom. The number of aryl methyl sites for hydroxylation is 1. The summed E-state index contributed by atoms with van der Waals surface area (Å²) in [7, 11) is 2.10. The number of nitrogens with zero attached hydrogens (tertiary/aromatic N) is 5. The molecule has 0 saturated carbocycles. The zero-order chi connectivity index (χ0) is 22.0. The number of aromatic nitrogens is 4. The number of aromatic carboxylic acids is 1. The van der Waals surface area contributed by atoms with Crippen LogP contribution in [-0.2, 0) is 0 Å². The van der Waals surface area contributed by atoms with Gasteiger partial charge in [0.25, 0.3) is 0 Å². The molecule has 4 rings (SSSR count). The average Bonchev–Trinajstić information content (AvgIpc) is 3.12. The summed E-state index contributed by atoms with van der Waals surface area (Å²) in [5.74, 6) is 1.32. The molecule has 1 saturated heterocycles. The number of carboxylic acids is 1. The summed E-state index contributed by atoms with van der Waals surface area (Å²) in [6.45, 7) is 5.52. The minimum atomic E-state index is -1.08. The first-order chi connectivity index (χ1) is 14.9. The Labute approximate surface area is 184 Å². The summed E-state index contributed by atoms with van der Waals surface area (Å²) < 4.78 is 0. The lowest BCUT2D eigenvalue weighted by molar-refractivity contribution is 0.0697. The Balaban J connectivity index is 1.63. The second-order valence-corrected chi connectivity index (χ2v) is 7.82. The molecule has 10 nitrogen and oxygen atoms in total. The van der Waals surface area contributed by atoms with Crippen LogP contribution in [0, 0.1) is 6.92 Å². The predicted molar refractivity (Wildman–Crippen MR) is 120 cm³/mol. The first-order valence-electron chi connectivity index (χ1n) is 9.79. The molecule has 11 heteroatoms. The third-order valence-corrected chi connectivity index (χ3v) is 5.27. The van der Waals surface area contributed by atoms with Gasteiger partial charge >= 0.3 is 5.97 Å². The lowest BCUT2D eigenvalue weighted by Crippen LogP contribution is -2.44. The highest BCUT2D eigenvalue weighted by atomic mass is 35.5. The molecule has 0 amide bonds. The molecular formula is C20H23ClN8O2. The minimum absolute atomic E-state index is 0.0376. The lowest BCUT2D eigenvalue weighted by Gasteiger charge is -2.33. The van der Waals surface area contributed by atoms with Crippen molar-refractivity contribution in [2.24, 2.45) is 0 Å². The van der Waals surface area contributed by atoms with Crippen LogP contribution in [-0.4, -0.2) is 69.4 Å². The summed E-state index contributed by atoms with van der Waals surface area (Å²) in [4.78, 5) is 24.9. The van der Waals surface area contributed by atoms with E-state index in [2.05, 4.69) is 47.6 Å². The van der Waals surface area contributed by atoms with Crippen molar-refractivity contribution in [3.05, 3.63) is 46.6 Å². The Kier molecular flexibility index (Phi) is 5.92. The molecule has 1 aliphatic rings. The van der Waals surface area contributed by atoms with E-state index in [1.54, 1.807) is 12.1 Å². The fourth-order valence-electron chi connectivity index (χ4n) is 3.26. The van der Waals surface area contributed by atoms with Crippen LogP contribution in [0.4, 0.5) is 29.1 Å². The highest BCUT2D eigenvalue weighted by Crippen LogP contribution is 2.26. The van der Waals surface area contributed by atoms with E-state index in [4.69, 9.17) is 16.7 Å². The molecule has 0 aliphatic carbocycles. The molecule has 1 fully saturated rings. The second-order valence-electron chi connectivity index (χ2n) is 7.41. The largest absolute Gasteiger partial charge is 0.478 e. The van der Waals surface area contributed by atoms with Crippen molar-refractivity contribution in [3.8, 4) is 0 Å². The van der Waals surface area contributed by atoms with Gasteiger partial charge in [-0.05, 0) is 32.2 Å². The SMILES string of the molecule is Cc1cc(Nc2cc(N3CCN(C)CC3)nc(Nc3ccc(C(=O)O)c(Cl)c3)n2)n[nH]1. The van der Waals surface area contributed by atoms with Gasteiger partial charge in [-0.2, -0.15) is 15.1 Å². The average molecular weight is 443 g/mol. The van der Waals surface area contributed by atoms with Gasteiger partial charge in [0.15, 0.2) is 5.82 Å². The number of hydrogen-bond donors (Lipinski definition) is 4. The first-order valence-corrected chi connectivity index (χ1v) is 10.2. The number of carbonyl (C=O) groups is 1. The predicted octanol–water partition coefficient (Wildman–Crippen LogP) is 3.10. The summed E-state index contributed by atoms with van der Waals surface area (Å²) in [6, 6.07) is 8.39. The number of rotatable bonds is 6. The maximum Gasteiger partial charge on any atom is 0.337 e. The van der Waals surface area contributed by atoms with Crippen LogP contribution in [0.2, 0.25) is 5.02 Å². The minimum Gasteiger partial charge on any atom is -0.478 e. The zero-order valence-electron chi connectivity index (χ0n) is 17.2. The van der Waals surface area contributed by atoms with E-state index in [1.807, 2.05) is 19.1 Å². The van der Waals surface area contributed by atoms with Gasteiger partial charge in [0, 0.05) is 49.7 Å². The number of halogens is 1. The molecule has 162 valence electrons. The fraction of sp³-hybridized carbons (Fsp3) is 0.300. The topological polar surface area (TPSA) is 122 Å². The molecule has 0 unspecified atom stereocenters. The number of aromatic amines is 1. The highest BCUT2D eigenvalue weighted by molar-refractivity contribution is 6.33. The Hall–Kier alpha value is -3.37. The van der Waals surface area contributed by atoms with Crippen molar-refractivity contribution in [1.82, 2.24) is 25.1 Å². The van der Waals surface area contributed by atoms with E-state index in [0.717, 1.165) is 37.7 Å². The number of hydrogen-bond acceptors (Lipinski definition) is 8. The van der Waals surface area contributed by atoms with Crippen molar-refractivity contribution < 1.29 is 9.90 Å². The van der Waals surface area contributed by atoms with Crippen molar-refractivity contribution in [1.29, 1.82) is 0 Å². The maximum absolute atomic E-state index is 11.2. The smallest absolute Gasteiger partial charge is 0.337 e. The molecule has 31 heavy (non-hydrogen) atoms. The van der Waals surface area contributed by atoms with Crippen molar-refractivity contribution in [2.45, 2.75) is 6.92 Å². The van der Waals surface area contributed by atoms with Gasteiger partial charge in [0.2, 0.25) is 5.95 Å². The van der Waals surface area contributed by atoms with Gasteiger partial charge in [-0.25, -0.2) is 4.79 Å². The third-order valence-electron chi connectivity index (χ3n) is 4.96. The van der Waals surface area contributed by atoms with Crippen LogP contribution in [0.1, 0.15) is 16.1 Å². The molecule has 4 N–H and O–H groups in total. The Morgan fingerprint density at radius 1 is 1.10 bits per heavy atom. The van der Waals surface area contributed by atoms with Crippen molar-refractivity contribution in [3.63, 3.8) is 0 Å². The van der Waals surface area contributed by atoms with E-state index >= 15 is 0 Å². The number of likely N-dealkylation sites (N-methyl/N-ethyl adjacent to an activating group) is 1. The molecule has 2 aromatic heterocycles. The first kappa shape index (κ1) is 20.9.